The van der Waals surface area contributed by atoms with Crippen molar-refractivity contribution in [1.82, 2.24) is 9.97 Å². The van der Waals surface area contributed by atoms with Crippen LogP contribution < -0.4 is 10.1 Å². The van der Waals surface area contributed by atoms with E-state index in [-0.39, 0.29) is 11.7 Å². The average Bonchev–Trinajstić information content (AvgIpc) is 3.04. The largest absolute Gasteiger partial charge is 0.486 e. The van der Waals surface area contributed by atoms with Crippen molar-refractivity contribution in [2.45, 2.75) is 33.3 Å². The highest BCUT2D eigenvalue weighted by molar-refractivity contribution is 6.11. The number of carbonyl (C=O) groups is 1. The number of benzene rings is 2. The van der Waals surface area contributed by atoms with E-state index in [0.717, 1.165) is 17.7 Å². The van der Waals surface area contributed by atoms with Crippen molar-refractivity contribution in [1.29, 1.82) is 0 Å². The fourth-order valence-electron chi connectivity index (χ4n) is 3.39. The van der Waals surface area contributed by atoms with Gasteiger partial charge in [0.2, 0.25) is 0 Å². The molecule has 6 heteroatoms. The number of ether oxygens (including phenoxy) is 1. The lowest BCUT2D eigenvalue weighted by Crippen LogP contribution is -2.16. The molecule has 148 valence electrons. The summed E-state index contributed by atoms with van der Waals surface area (Å²) in [6, 6.07) is 7.99. The molecule has 0 aliphatic heterocycles. The predicted octanol–water partition coefficient (Wildman–Crippen LogP) is 5.22. The van der Waals surface area contributed by atoms with Crippen LogP contribution in [0.5, 0.6) is 5.75 Å². The first-order valence-electron chi connectivity index (χ1n) is 9.48. The summed E-state index contributed by atoms with van der Waals surface area (Å²) < 4.78 is 20.0. The van der Waals surface area contributed by atoms with Crippen LogP contribution in [-0.4, -0.2) is 22.0 Å². The normalized spacial score (nSPS) is 16.0. The molecule has 1 aromatic heterocycles. The minimum atomic E-state index is -0.490. The van der Waals surface area contributed by atoms with Crippen LogP contribution in [0.2, 0.25) is 0 Å². The highest BCUT2D eigenvalue weighted by Crippen LogP contribution is 2.26. The molecule has 1 unspecified atom stereocenters. The molecule has 0 bridgehead atoms. The summed E-state index contributed by atoms with van der Waals surface area (Å²) in [4.78, 5) is 20.0. The molecule has 0 saturated heterocycles. The van der Waals surface area contributed by atoms with Gasteiger partial charge in [0, 0.05) is 12.1 Å². The third kappa shape index (κ3) is 4.06. The molecular formula is C23H22FN3O2. The minimum Gasteiger partial charge on any atom is -0.486 e. The van der Waals surface area contributed by atoms with E-state index < -0.39 is 11.7 Å². The van der Waals surface area contributed by atoms with Gasteiger partial charge >= 0.3 is 0 Å². The van der Waals surface area contributed by atoms with Crippen LogP contribution in [-0.2, 0) is 0 Å². The monoisotopic (exact) mass is 391 g/mol. The van der Waals surface area contributed by atoms with E-state index in [1.807, 2.05) is 25.1 Å². The number of halogens is 1. The van der Waals surface area contributed by atoms with Gasteiger partial charge in [-0.2, -0.15) is 0 Å². The Kier molecular flexibility index (Phi) is 4.92. The predicted molar refractivity (Wildman–Crippen MR) is 112 cm³/mol. The maximum atomic E-state index is 13.9. The summed E-state index contributed by atoms with van der Waals surface area (Å²) in [6.45, 7) is 5.75. The molecule has 0 fully saturated rings. The number of rotatable bonds is 4. The number of imidazole rings is 1. The van der Waals surface area contributed by atoms with Crippen LogP contribution in [0.25, 0.3) is 11.0 Å². The zero-order valence-electron chi connectivity index (χ0n) is 16.5. The van der Waals surface area contributed by atoms with Crippen LogP contribution in [0.15, 0.2) is 54.1 Å². The fourth-order valence-corrected chi connectivity index (χ4v) is 3.39. The van der Waals surface area contributed by atoms with Crippen molar-refractivity contribution in [3.8, 4) is 5.75 Å². The van der Waals surface area contributed by atoms with Crippen LogP contribution in [0.4, 0.5) is 10.1 Å². The van der Waals surface area contributed by atoms with Crippen LogP contribution in [0, 0.1) is 19.7 Å². The number of aromatic amines is 1. The highest BCUT2D eigenvalue weighted by atomic mass is 19.1. The number of anilines is 1. The SMILES string of the molecule is CC1=CCC(Oc2ccc(NC(=O)c3cc(F)cc4[nH]c(C)nc34)cc2C)C=C1. The van der Waals surface area contributed by atoms with E-state index in [2.05, 4.69) is 34.4 Å². The first kappa shape index (κ1) is 18.9. The quantitative estimate of drug-likeness (QED) is 0.640. The lowest BCUT2D eigenvalue weighted by Gasteiger charge is -2.19. The topological polar surface area (TPSA) is 67.0 Å². The summed E-state index contributed by atoms with van der Waals surface area (Å²) in [5, 5.41) is 2.83. The van der Waals surface area contributed by atoms with Crippen molar-refractivity contribution in [3.63, 3.8) is 0 Å². The number of aromatic nitrogens is 2. The number of fused-ring (bicyclic) bond motifs is 1. The summed E-state index contributed by atoms with van der Waals surface area (Å²) in [5.41, 5.74) is 3.89. The van der Waals surface area contributed by atoms with Gasteiger partial charge < -0.3 is 15.0 Å². The molecule has 29 heavy (non-hydrogen) atoms. The van der Waals surface area contributed by atoms with Gasteiger partial charge in [-0.15, -0.1) is 0 Å². The van der Waals surface area contributed by atoms with Gasteiger partial charge in [-0.05, 0) is 62.7 Å². The molecule has 5 nitrogen and oxygen atoms in total. The molecular weight excluding hydrogens is 369 g/mol. The molecule has 1 atom stereocenters. The molecule has 0 spiro atoms. The Morgan fingerprint density at radius 1 is 1.24 bits per heavy atom. The summed E-state index contributed by atoms with van der Waals surface area (Å²) in [6.07, 6.45) is 7.07. The number of amides is 1. The Morgan fingerprint density at radius 3 is 2.79 bits per heavy atom. The van der Waals surface area contributed by atoms with Gasteiger partial charge in [-0.3, -0.25) is 4.79 Å². The Bertz CT molecular complexity index is 1160. The molecule has 1 amide bonds. The molecule has 0 saturated carbocycles. The second-order valence-corrected chi connectivity index (χ2v) is 7.31. The van der Waals surface area contributed by atoms with Gasteiger partial charge in [-0.25, -0.2) is 9.37 Å². The van der Waals surface area contributed by atoms with Gasteiger partial charge in [0.05, 0.1) is 11.1 Å². The van der Waals surface area contributed by atoms with Crippen LogP contribution >= 0.6 is 0 Å². The third-order valence-corrected chi connectivity index (χ3v) is 4.87. The second-order valence-electron chi connectivity index (χ2n) is 7.31. The lowest BCUT2D eigenvalue weighted by atomic mass is 10.1. The minimum absolute atomic E-state index is 0.00123. The number of hydrogen-bond acceptors (Lipinski definition) is 3. The molecule has 2 aromatic carbocycles. The number of hydrogen-bond donors (Lipinski definition) is 2. The van der Waals surface area contributed by atoms with E-state index in [9.17, 15) is 9.18 Å². The fraction of sp³-hybridized carbons (Fsp3) is 0.217. The number of nitrogens with one attached hydrogen (secondary N) is 2. The number of H-pyrrole nitrogens is 1. The van der Waals surface area contributed by atoms with Gasteiger partial charge in [0.1, 0.15) is 29.0 Å². The molecule has 2 N–H and O–H groups in total. The van der Waals surface area contributed by atoms with Crippen LogP contribution in [0.3, 0.4) is 0 Å². The molecule has 4 rings (SSSR count). The number of allylic oxidation sites excluding steroid dienone is 2. The highest BCUT2D eigenvalue weighted by Gasteiger charge is 2.16. The Hall–Kier alpha value is -3.41. The zero-order valence-corrected chi connectivity index (χ0v) is 16.5. The maximum Gasteiger partial charge on any atom is 0.258 e. The third-order valence-electron chi connectivity index (χ3n) is 4.87. The van der Waals surface area contributed by atoms with E-state index >= 15 is 0 Å². The number of nitrogens with zero attached hydrogens (tertiary/aromatic N) is 1. The van der Waals surface area contributed by atoms with Crippen molar-refractivity contribution in [2.75, 3.05) is 5.32 Å². The molecule has 1 heterocycles. The van der Waals surface area contributed by atoms with E-state index in [4.69, 9.17) is 4.74 Å². The molecule has 1 aliphatic rings. The first-order valence-corrected chi connectivity index (χ1v) is 9.48. The molecule has 1 aliphatic carbocycles. The van der Waals surface area contributed by atoms with E-state index in [1.165, 1.54) is 17.7 Å². The van der Waals surface area contributed by atoms with Gasteiger partial charge in [0.15, 0.2) is 0 Å². The summed E-state index contributed by atoms with van der Waals surface area (Å²) >= 11 is 0. The summed E-state index contributed by atoms with van der Waals surface area (Å²) in [5.74, 6) is 0.487. The maximum absolute atomic E-state index is 13.9. The van der Waals surface area contributed by atoms with Gasteiger partial charge in [0.25, 0.3) is 5.91 Å². The number of aryl methyl sites for hydroxylation is 2. The average molecular weight is 391 g/mol. The lowest BCUT2D eigenvalue weighted by molar-refractivity contribution is 0.102. The van der Waals surface area contributed by atoms with E-state index in [0.29, 0.717) is 22.5 Å². The van der Waals surface area contributed by atoms with Crippen LogP contribution in [0.1, 0.15) is 35.1 Å². The van der Waals surface area contributed by atoms with Crippen molar-refractivity contribution in [3.05, 3.63) is 76.9 Å². The van der Waals surface area contributed by atoms with Gasteiger partial charge in [-0.1, -0.05) is 17.7 Å². The first-order chi connectivity index (χ1) is 13.9. The van der Waals surface area contributed by atoms with Crippen molar-refractivity contribution in [2.24, 2.45) is 0 Å². The Morgan fingerprint density at radius 2 is 2.07 bits per heavy atom. The number of carbonyl (C=O) groups excluding carboxylic acids is 1. The standard InChI is InChI=1S/C23H22FN3O2/c1-13-4-7-18(8-5-13)29-21-9-6-17(10-14(21)2)27-23(28)19-11-16(24)12-20-22(19)26-15(3)25-20/h4-7,9-12,18H,8H2,1-3H3,(H,25,26)(H,27,28). The van der Waals surface area contributed by atoms with E-state index in [1.54, 1.807) is 13.0 Å². The molecule has 0 radical (unpaired) electrons. The smallest absolute Gasteiger partial charge is 0.258 e. The van der Waals surface area contributed by atoms with Crippen molar-refractivity contribution < 1.29 is 13.9 Å². The van der Waals surface area contributed by atoms with Crippen molar-refractivity contribution >= 4 is 22.6 Å². The Balaban J connectivity index is 1.52. The summed E-state index contributed by atoms with van der Waals surface area (Å²) in [7, 11) is 0. The Labute approximate surface area is 168 Å². The molecule has 3 aromatic rings. The zero-order chi connectivity index (χ0) is 20.5. The second kappa shape index (κ2) is 7.54.